The minimum Gasteiger partial charge on any atom is -0.394 e. The Morgan fingerprint density at radius 3 is 2.25 bits per heavy atom. The van der Waals surface area contributed by atoms with Gasteiger partial charge in [-0.1, -0.05) is 39.0 Å². The number of unbranched alkanes of at least 4 members (excludes halogenated alkanes) is 5. The highest BCUT2D eigenvalue weighted by atomic mass is 16.3. The molecule has 1 amide bonds. The second-order valence-electron chi connectivity index (χ2n) is 5.11. The van der Waals surface area contributed by atoms with E-state index in [2.05, 4.69) is 12.2 Å². The molecule has 0 aliphatic heterocycles. The molecule has 0 saturated carbocycles. The Morgan fingerprint density at radius 1 is 1.12 bits per heavy atom. The monoisotopic (exact) mass is 229 g/mol. The van der Waals surface area contributed by atoms with Gasteiger partial charge >= 0.3 is 0 Å². The Labute approximate surface area is 99.6 Å². The maximum absolute atomic E-state index is 11.5. The van der Waals surface area contributed by atoms with Gasteiger partial charge in [0.15, 0.2) is 0 Å². The molecular formula is C13H27NO2. The minimum absolute atomic E-state index is 0.0186. The molecule has 0 aromatic heterocycles. The first kappa shape index (κ1) is 15.4. The van der Waals surface area contributed by atoms with Gasteiger partial charge in [-0.15, -0.1) is 0 Å². The zero-order valence-corrected chi connectivity index (χ0v) is 11.0. The first-order chi connectivity index (χ1) is 7.52. The van der Waals surface area contributed by atoms with Gasteiger partial charge in [0.25, 0.3) is 0 Å². The Kier molecular flexibility index (Phi) is 8.26. The molecule has 0 aliphatic rings. The molecule has 0 bridgehead atoms. The van der Waals surface area contributed by atoms with Crippen LogP contribution in [0.4, 0.5) is 0 Å². The number of amides is 1. The quantitative estimate of drug-likeness (QED) is 0.597. The summed E-state index contributed by atoms with van der Waals surface area (Å²) in [6.07, 6.45) is 7.72. The van der Waals surface area contributed by atoms with E-state index in [9.17, 15) is 4.79 Å². The van der Waals surface area contributed by atoms with E-state index < -0.39 is 5.54 Å². The standard InChI is InChI=1S/C13H27NO2/c1-4-5-6-7-8-9-10-12(16)14-13(2,3)11-15/h15H,4-11H2,1-3H3,(H,14,16). The van der Waals surface area contributed by atoms with Crippen molar-refractivity contribution in [1.29, 1.82) is 0 Å². The summed E-state index contributed by atoms with van der Waals surface area (Å²) >= 11 is 0. The van der Waals surface area contributed by atoms with Crippen molar-refractivity contribution < 1.29 is 9.90 Å². The largest absolute Gasteiger partial charge is 0.394 e. The molecule has 0 saturated heterocycles. The number of hydrogen-bond acceptors (Lipinski definition) is 2. The van der Waals surface area contributed by atoms with Gasteiger partial charge in [-0.25, -0.2) is 0 Å². The van der Waals surface area contributed by atoms with Crippen molar-refractivity contribution in [3.05, 3.63) is 0 Å². The Morgan fingerprint density at radius 2 is 1.69 bits per heavy atom. The second-order valence-corrected chi connectivity index (χ2v) is 5.11. The van der Waals surface area contributed by atoms with Crippen molar-refractivity contribution in [3.63, 3.8) is 0 Å². The maximum Gasteiger partial charge on any atom is 0.220 e. The van der Waals surface area contributed by atoms with Crippen LogP contribution < -0.4 is 5.32 Å². The summed E-state index contributed by atoms with van der Waals surface area (Å²) in [5.74, 6) is 0.0505. The topological polar surface area (TPSA) is 49.3 Å². The fraction of sp³-hybridized carbons (Fsp3) is 0.923. The van der Waals surface area contributed by atoms with E-state index in [4.69, 9.17) is 5.11 Å². The molecule has 0 spiro atoms. The van der Waals surface area contributed by atoms with Crippen molar-refractivity contribution in [1.82, 2.24) is 5.32 Å². The summed E-state index contributed by atoms with van der Waals surface area (Å²) in [5.41, 5.74) is -0.487. The molecule has 0 aromatic rings. The average Bonchev–Trinajstić information content (AvgIpc) is 2.22. The molecule has 0 aliphatic carbocycles. The third-order valence-electron chi connectivity index (χ3n) is 2.63. The number of nitrogens with one attached hydrogen (secondary N) is 1. The van der Waals surface area contributed by atoms with Gasteiger partial charge in [0.2, 0.25) is 5.91 Å². The number of carbonyl (C=O) groups is 1. The van der Waals surface area contributed by atoms with E-state index in [-0.39, 0.29) is 12.5 Å². The third-order valence-corrected chi connectivity index (χ3v) is 2.63. The predicted octanol–water partition coefficient (Wildman–Crippen LogP) is 2.62. The van der Waals surface area contributed by atoms with E-state index in [1.165, 1.54) is 25.7 Å². The molecule has 2 N–H and O–H groups in total. The van der Waals surface area contributed by atoms with Crippen LogP contribution in [0.15, 0.2) is 0 Å². The van der Waals surface area contributed by atoms with Gasteiger partial charge < -0.3 is 10.4 Å². The molecule has 0 heterocycles. The van der Waals surface area contributed by atoms with Crippen molar-refractivity contribution in [2.45, 2.75) is 71.3 Å². The van der Waals surface area contributed by atoms with E-state index in [0.717, 1.165) is 12.8 Å². The van der Waals surface area contributed by atoms with E-state index in [1.807, 2.05) is 13.8 Å². The van der Waals surface area contributed by atoms with E-state index in [1.54, 1.807) is 0 Å². The molecule has 0 atom stereocenters. The minimum atomic E-state index is -0.487. The van der Waals surface area contributed by atoms with E-state index in [0.29, 0.717) is 6.42 Å². The fourth-order valence-electron chi connectivity index (χ4n) is 1.55. The summed E-state index contributed by atoms with van der Waals surface area (Å²) in [7, 11) is 0. The van der Waals surface area contributed by atoms with Crippen LogP contribution in [0.25, 0.3) is 0 Å². The van der Waals surface area contributed by atoms with Gasteiger partial charge in [-0.2, -0.15) is 0 Å². The summed E-state index contributed by atoms with van der Waals surface area (Å²) in [6, 6.07) is 0. The molecule has 0 radical (unpaired) electrons. The van der Waals surface area contributed by atoms with Crippen molar-refractivity contribution in [3.8, 4) is 0 Å². The van der Waals surface area contributed by atoms with Gasteiger partial charge in [0, 0.05) is 6.42 Å². The third kappa shape index (κ3) is 8.72. The van der Waals surface area contributed by atoms with Gasteiger partial charge in [0.05, 0.1) is 12.1 Å². The number of rotatable bonds is 9. The molecule has 0 aromatic carbocycles. The molecular weight excluding hydrogens is 202 g/mol. The molecule has 0 fully saturated rings. The number of aliphatic hydroxyl groups is 1. The van der Waals surface area contributed by atoms with Gasteiger partial charge in [0.1, 0.15) is 0 Å². The zero-order valence-electron chi connectivity index (χ0n) is 11.0. The van der Waals surface area contributed by atoms with Crippen LogP contribution in [0.3, 0.4) is 0 Å². The highest BCUT2D eigenvalue weighted by Crippen LogP contribution is 2.08. The van der Waals surface area contributed by atoms with Crippen molar-refractivity contribution >= 4 is 5.91 Å². The molecule has 0 rings (SSSR count). The Bertz CT molecular complexity index is 190. The molecule has 3 nitrogen and oxygen atoms in total. The lowest BCUT2D eigenvalue weighted by Crippen LogP contribution is -2.46. The molecule has 3 heteroatoms. The first-order valence-electron chi connectivity index (χ1n) is 6.43. The van der Waals surface area contributed by atoms with Gasteiger partial charge in [-0.3, -0.25) is 4.79 Å². The number of hydrogen-bond donors (Lipinski definition) is 2. The maximum atomic E-state index is 11.5. The normalized spacial score (nSPS) is 11.5. The Balaban J connectivity index is 3.44. The lowest BCUT2D eigenvalue weighted by atomic mass is 10.1. The van der Waals surface area contributed by atoms with Gasteiger partial charge in [-0.05, 0) is 20.3 Å². The predicted molar refractivity (Wildman–Crippen MR) is 67.3 cm³/mol. The summed E-state index contributed by atoms with van der Waals surface area (Å²) in [6.45, 7) is 5.83. The van der Waals surface area contributed by atoms with Crippen LogP contribution in [0.1, 0.15) is 65.7 Å². The van der Waals surface area contributed by atoms with Crippen LogP contribution in [0, 0.1) is 0 Å². The number of carbonyl (C=O) groups excluding carboxylic acids is 1. The summed E-state index contributed by atoms with van der Waals surface area (Å²) in [5, 5.41) is 11.8. The first-order valence-corrected chi connectivity index (χ1v) is 6.43. The smallest absolute Gasteiger partial charge is 0.220 e. The average molecular weight is 229 g/mol. The van der Waals surface area contributed by atoms with Crippen LogP contribution in [0.2, 0.25) is 0 Å². The van der Waals surface area contributed by atoms with Crippen molar-refractivity contribution in [2.75, 3.05) is 6.61 Å². The van der Waals surface area contributed by atoms with Crippen molar-refractivity contribution in [2.24, 2.45) is 0 Å². The summed E-state index contributed by atoms with van der Waals surface area (Å²) in [4.78, 5) is 11.5. The van der Waals surface area contributed by atoms with Crippen LogP contribution in [-0.2, 0) is 4.79 Å². The van der Waals surface area contributed by atoms with E-state index >= 15 is 0 Å². The lowest BCUT2D eigenvalue weighted by molar-refractivity contribution is -0.123. The molecule has 0 unspecified atom stereocenters. The Hall–Kier alpha value is -0.570. The SMILES string of the molecule is CCCCCCCCC(=O)NC(C)(C)CO. The lowest BCUT2D eigenvalue weighted by Gasteiger charge is -2.23. The molecule has 96 valence electrons. The summed E-state index contributed by atoms with van der Waals surface area (Å²) < 4.78 is 0. The second kappa shape index (κ2) is 8.57. The molecule has 16 heavy (non-hydrogen) atoms. The van der Waals surface area contributed by atoms with Crippen LogP contribution in [0.5, 0.6) is 0 Å². The number of aliphatic hydroxyl groups excluding tert-OH is 1. The highest BCUT2D eigenvalue weighted by molar-refractivity contribution is 5.76. The van der Waals surface area contributed by atoms with Crippen LogP contribution in [-0.4, -0.2) is 23.2 Å². The zero-order chi connectivity index (χ0) is 12.4. The highest BCUT2D eigenvalue weighted by Gasteiger charge is 2.18. The van der Waals surface area contributed by atoms with Crippen LogP contribution >= 0.6 is 0 Å². The fourth-order valence-corrected chi connectivity index (χ4v) is 1.55.